The average molecular weight is 230 g/mol. The van der Waals surface area contributed by atoms with Crippen molar-refractivity contribution >= 4 is 22.8 Å². The van der Waals surface area contributed by atoms with E-state index in [1.54, 1.807) is 0 Å². The van der Waals surface area contributed by atoms with Crippen molar-refractivity contribution in [2.45, 2.75) is 5.62 Å². The van der Waals surface area contributed by atoms with Crippen molar-refractivity contribution in [1.82, 2.24) is 19.1 Å². The number of nitrogens with zero attached hydrogens (tertiary/aromatic N) is 3. The van der Waals surface area contributed by atoms with Gasteiger partial charge in [-0.3, -0.25) is 15.1 Å². The zero-order valence-corrected chi connectivity index (χ0v) is 8.52. The molecule has 0 aromatic carbocycles. The Morgan fingerprint density at radius 2 is 2.27 bits per heavy atom. The molecule has 0 bridgehead atoms. The molecule has 0 saturated carbocycles. The molecule has 2 aromatic rings. The third-order valence-electron chi connectivity index (χ3n) is 2.11. The number of hydrogen-bond acceptors (Lipinski definition) is 4. The first-order chi connectivity index (χ1) is 7.04. The highest BCUT2D eigenvalue weighted by molar-refractivity contribution is 6.18. The van der Waals surface area contributed by atoms with Crippen LogP contribution < -0.4 is 17.0 Å². The van der Waals surface area contributed by atoms with Crippen LogP contribution in [0.1, 0.15) is 5.62 Å². The van der Waals surface area contributed by atoms with Crippen LogP contribution in [0, 0.1) is 0 Å². The minimum atomic E-state index is -1.19. The van der Waals surface area contributed by atoms with E-state index >= 15 is 0 Å². The van der Waals surface area contributed by atoms with Crippen LogP contribution in [0.2, 0.25) is 0 Å². The Hall–Kier alpha value is -1.60. The summed E-state index contributed by atoms with van der Waals surface area (Å²) in [4.78, 5) is 29.9. The molecule has 0 saturated heterocycles. The summed E-state index contributed by atoms with van der Waals surface area (Å²) in [5.74, 6) is 0. The molecule has 0 aliphatic rings. The third kappa shape index (κ3) is 1.28. The third-order valence-corrected chi connectivity index (χ3v) is 2.30. The number of halogens is 1. The molecule has 7 nitrogen and oxygen atoms in total. The van der Waals surface area contributed by atoms with Crippen molar-refractivity contribution in [2.75, 3.05) is 0 Å². The molecule has 15 heavy (non-hydrogen) atoms. The summed E-state index contributed by atoms with van der Waals surface area (Å²) in [6, 6.07) is 0. The van der Waals surface area contributed by atoms with Crippen LogP contribution in [-0.2, 0) is 7.05 Å². The van der Waals surface area contributed by atoms with Crippen molar-refractivity contribution in [3.05, 3.63) is 27.2 Å². The van der Waals surface area contributed by atoms with Gasteiger partial charge in [0.1, 0.15) is 5.52 Å². The molecule has 80 valence electrons. The van der Waals surface area contributed by atoms with Crippen LogP contribution >= 0.6 is 11.6 Å². The molecule has 0 fully saturated rings. The fourth-order valence-electron chi connectivity index (χ4n) is 1.38. The second-order valence-electron chi connectivity index (χ2n) is 2.99. The SMILES string of the molecule is Cn1c(=O)n(C(N)Cl)c(=O)c2[nH]cnc21. The minimum absolute atomic E-state index is 0.202. The number of aromatic nitrogens is 4. The molecule has 0 spiro atoms. The zero-order chi connectivity index (χ0) is 11.2. The van der Waals surface area contributed by atoms with Gasteiger partial charge >= 0.3 is 5.69 Å². The summed E-state index contributed by atoms with van der Waals surface area (Å²) < 4.78 is 1.96. The highest BCUT2D eigenvalue weighted by Gasteiger charge is 2.15. The van der Waals surface area contributed by atoms with Crippen molar-refractivity contribution < 1.29 is 0 Å². The first-order valence-electron chi connectivity index (χ1n) is 4.08. The number of aryl methyl sites for hydroxylation is 1. The van der Waals surface area contributed by atoms with E-state index in [0.717, 1.165) is 4.57 Å². The molecular weight excluding hydrogens is 222 g/mol. The quantitative estimate of drug-likeness (QED) is 0.488. The largest absolute Gasteiger partial charge is 0.339 e. The smallest absolute Gasteiger partial charge is 0.334 e. The van der Waals surface area contributed by atoms with Crippen molar-refractivity contribution in [3.63, 3.8) is 0 Å². The summed E-state index contributed by atoms with van der Waals surface area (Å²) in [5, 5.41) is 0. The normalized spacial score (nSPS) is 13.3. The Labute approximate surface area is 88.1 Å². The van der Waals surface area contributed by atoms with Gasteiger partial charge in [0.2, 0.25) is 0 Å². The number of nitrogens with one attached hydrogen (secondary N) is 1. The standard InChI is InChI=1S/C7H8ClN5O2/c1-12-4-3(10-2-11-4)5(14)13(6(8)9)7(12)15/h2,6H,9H2,1H3,(H,10,11). The van der Waals surface area contributed by atoms with Gasteiger partial charge in [-0.2, -0.15) is 0 Å². The summed E-state index contributed by atoms with van der Waals surface area (Å²) in [6.07, 6.45) is 1.33. The van der Waals surface area contributed by atoms with Crippen molar-refractivity contribution in [1.29, 1.82) is 0 Å². The van der Waals surface area contributed by atoms with E-state index in [2.05, 4.69) is 9.97 Å². The summed E-state index contributed by atoms with van der Waals surface area (Å²) in [5.41, 5.74) is 3.44. The molecule has 1 atom stereocenters. The van der Waals surface area contributed by atoms with Gasteiger partial charge in [0.05, 0.1) is 6.33 Å². The zero-order valence-electron chi connectivity index (χ0n) is 7.77. The van der Waals surface area contributed by atoms with Gasteiger partial charge in [-0.05, 0) is 0 Å². The van der Waals surface area contributed by atoms with Crippen LogP contribution in [0.4, 0.5) is 0 Å². The second-order valence-corrected chi connectivity index (χ2v) is 3.44. The minimum Gasteiger partial charge on any atom is -0.339 e. The van der Waals surface area contributed by atoms with E-state index in [4.69, 9.17) is 17.3 Å². The Balaban J connectivity index is 3.06. The van der Waals surface area contributed by atoms with Crippen LogP contribution in [0.15, 0.2) is 15.9 Å². The molecule has 3 N–H and O–H groups in total. The molecule has 2 rings (SSSR count). The molecular formula is C7H8ClN5O2. The van der Waals surface area contributed by atoms with E-state index in [9.17, 15) is 9.59 Å². The Morgan fingerprint density at radius 3 is 2.87 bits per heavy atom. The van der Waals surface area contributed by atoms with Crippen LogP contribution in [0.5, 0.6) is 0 Å². The van der Waals surface area contributed by atoms with Crippen molar-refractivity contribution in [3.8, 4) is 0 Å². The maximum atomic E-state index is 11.7. The molecule has 8 heteroatoms. The lowest BCUT2D eigenvalue weighted by molar-refractivity contribution is 0.599. The van der Waals surface area contributed by atoms with E-state index in [1.807, 2.05) is 0 Å². The highest BCUT2D eigenvalue weighted by atomic mass is 35.5. The van der Waals surface area contributed by atoms with Gasteiger partial charge in [-0.25, -0.2) is 14.3 Å². The summed E-state index contributed by atoms with van der Waals surface area (Å²) >= 11 is 5.55. The highest BCUT2D eigenvalue weighted by Crippen LogP contribution is 2.02. The first-order valence-corrected chi connectivity index (χ1v) is 4.52. The molecule has 2 heterocycles. The Morgan fingerprint density at radius 1 is 1.60 bits per heavy atom. The number of fused-ring (bicyclic) bond motifs is 1. The monoisotopic (exact) mass is 229 g/mol. The number of rotatable bonds is 1. The number of hydrogen-bond donors (Lipinski definition) is 2. The number of imidazole rings is 1. The second kappa shape index (κ2) is 3.21. The maximum Gasteiger partial charge on any atom is 0.334 e. The molecule has 1 unspecified atom stereocenters. The molecule has 0 radical (unpaired) electrons. The first kappa shape index (κ1) is 9.94. The number of H-pyrrole nitrogens is 1. The Bertz CT molecular complexity index is 622. The number of nitrogens with two attached hydrogens (primary N) is 1. The van der Waals surface area contributed by atoms with Crippen LogP contribution in [-0.4, -0.2) is 19.1 Å². The predicted molar refractivity (Wildman–Crippen MR) is 54.7 cm³/mol. The Kier molecular flexibility index (Phi) is 2.13. The summed E-state index contributed by atoms with van der Waals surface area (Å²) in [7, 11) is 1.49. The van der Waals surface area contributed by atoms with Gasteiger partial charge in [-0.1, -0.05) is 11.6 Å². The van der Waals surface area contributed by atoms with Crippen LogP contribution in [0.3, 0.4) is 0 Å². The fraction of sp³-hybridized carbons (Fsp3) is 0.286. The molecule has 0 aliphatic heterocycles. The maximum absolute atomic E-state index is 11.7. The van der Waals surface area contributed by atoms with E-state index < -0.39 is 16.9 Å². The van der Waals surface area contributed by atoms with Gasteiger partial charge in [0.15, 0.2) is 11.3 Å². The van der Waals surface area contributed by atoms with Gasteiger partial charge in [0, 0.05) is 7.05 Å². The predicted octanol–water partition coefficient (Wildman–Crippen LogP) is -0.923. The molecule has 0 amide bonds. The fourth-order valence-corrected chi connectivity index (χ4v) is 1.55. The lowest BCUT2D eigenvalue weighted by Crippen LogP contribution is -2.42. The molecule has 2 aromatic heterocycles. The van der Waals surface area contributed by atoms with Crippen LogP contribution in [0.25, 0.3) is 11.2 Å². The lowest BCUT2D eigenvalue weighted by atomic mass is 10.5. The van der Waals surface area contributed by atoms with Gasteiger partial charge in [0.25, 0.3) is 5.56 Å². The number of alkyl halides is 1. The number of aromatic amines is 1. The topological polar surface area (TPSA) is 98.7 Å². The van der Waals surface area contributed by atoms with E-state index in [1.165, 1.54) is 17.9 Å². The van der Waals surface area contributed by atoms with Gasteiger partial charge in [-0.15, -0.1) is 0 Å². The lowest BCUT2D eigenvalue weighted by Gasteiger charge is -2.08. The summed E-state index contributed by atoms with van der Waals surface area (Å²) in [6.45, 7) is 0. The van der Waals surface area contributed by atoms with E-state index in [-0.39, 0.29) is 11.2 Å². The van der Waals surface area contributed by atoms with E-state index in [0.29, 0.717) is 0 Å². The average Bonchev–Trinajstić information content (AvgIpc) is 2.62. The van der Waals surface area contributed by atoms with Crippen molar-refractivity contribution in [2.24, 2.45) is 12.8 Å². The molecule has 0 aliphatic carbocycles. The van der Waals surface area contributed by atoms with Gasteiger partial charge < -0.3 is 4.98 Å².